The number of fused-ring (bicyclic) bond motifs is 1. The van der Waals surface area contributed by atoms with E-state index in [-0.39, 0.29) is 0 Å². The van der Waals surface area contributed by atoms with E-state index in [1.807, 2.05) is 7.11 Å². The molecule has 0 radical (unpaired) electrons. The van der Waals surface area contributed by atoms with Crippen molar-refractivity contribution in [1.82, 2.24) is 5.32 Å². The van der Waals surface area contributed by atoms with Gasteiger partial charge in [0, 0.05) is 11.6 Å². The largest absolute Gasteiger partial charge is 0.496 e. The molecule has 1 aromatic carbocycles. The minimum absolute atomic E-state index is 0.476. The van der Waals surface area contributed by atoms with Crippen LogP contribution in [0.25, 0.3) is 0 Å². The van der Waals surface area contributed by atoms with Crippen LogP contribution in [0.2, 0.25) is 0 Å². The summed E-state index contributed by atoms with van der Waals surface area (Å²) < 4.78 is 5.74. The van der Waals surface area contributed by atoms with Crippen LogP contribution >= 0.6 is 0 Å². The Hall–Kier alpha value is -1.02. The molecule has 0 aromatic heterocycles. The van der Waals surface area contributed by atoms with E-state index in [1.165, 1.54) is 36.0 Å². The van der Waals surface area contributed by atoms with E-state index < -0.39 is 0 Å². The summed E-state index contributed by atoms with van der Waals surface area (Å²) in [6.07, 6.45) is 4.31. The monoisotopic (exact) mass is 273 g/mol. The summed E-state index contributed by atoms with van der Waals surface area (Å²) in [5.74, 6) is 3.86. The van der Waals surface area contributed by atoms with Gasteiger partial charge in [0.25, 0.3) is 0 Å². The third kappa shape index (κ3) is 2.14. The maximum absolute atomic E-state index is 5.74. The highest BCUT2D eigenvalue weighted by Gasteiger charge is 2.56. The Morgan fingerprint density at radius 1 is 1.25 bits per heavy atom. The Morgan fingerprint density at radius 2 is 1.95 bits per heavy atom. The normalized spacial score (nSPS) is 29.1. The van der Waals surface area contributed by atoms with Crippen molar-refractivity contribution < 1.29 is 4.74 Å². The molecule has 0 spiro atoms. The van der Waals surface area contributed by atoms with Gasteiger partial charge in [0.05, 0.1) is 7.11 Å². The van der Waals surface area contributed by atoms with Gasteiger partial charge in [0.2, 0.25) is 0 Å². The van der Waals surface area contributed by atoms with Crippen molar-refractivity contribution in [2.45, 2.75) is 46.1 Å². The molecule has 0 bridgehead atoms. The van der Waals surface area contributed by atoms with Crippen LogP contribution in [-0.4, -0.2) is 13.7 Å². The molecule has 3 unspecified atom stereocenters. The van der Waals surface area contributed by atoms with E-state index in [2.05, 4.69) is 38.2 Å². The molecule has 0 aliphatic heterocycles. The van der Waals surface area contributed by atoms with Gasteiger partial charge in [-0.3, -0.25) is 0 Å². The quantitative estimate of drug-likeness (QED) is 0.875. The highest BCUT2D eigenvalue weighted by molar-refractivity contribution is 5.47. The van der Waals surface area contributed by atoms with E-state index in [0.29, 0.717) is 6.04 Å². The van der Waals surface area contributed by atoms with Gasteiger partial charge >= 0.3 is 0 Å². The SMILES string of the molecule is CCNC(c1ccc(C)c(C)c1OC)C1C2CCCC21. The van der Waals surface area contributed by atoms with Crippen molar-refractivity contribution in [3.05, 3.63) is 28.8 Å². The van der Waals surface area contributed by atoms with Crippen LogP contribution in [0.5, 0.6) is 5.75 Å². The number of methoxy groups -OCH3 is 1. The molecular formula is C18H27NO. The number of hydrogen-bond donors (Lipinski definition) is 1. The van der Waals surface area contributed by atoms with Gasteiger partial charge < -0.3 is 10.1 Å². The molecule has 110 valence electrons. The van der Waals surface area contributed by atoms with E-state index in [4.69, 9.17) is 4.74 Å². The maximum atomic E-state index is 5.74. The number of ether oxygens (including phenoxy) is 1. The number of nitrogens with one attached hydrogen (secondary N) is 1. The summed E-state index contributed by atoms with van der Waals surface area (Å²) in [5, 5.41) is 3.73. The molecule has 1 aromatic rings. The fraction of sp³-hybridized carbons (Fsp3) is 0.667. The van der Waals surface area contributed by atoms with Gasteiger partial charge in [-0.2, -0.15) is 0 Å². The van der Waals surface area contributed by atoms with E-state index in [9.17, 15) is 0 Å². The van der Waals surface area contributed by atoms with Gasteiger partial charge in [-0.25, -0.2) is 0 Å². The average Bonchev–Trinajstić information content (AvgIpc) is 2.91. The molecule has 1 N–H and O–H groups in total. The van der Waals surface area contributed by atoms with E-state index in [1.54, 1.807) is 0 Å². The van der Waals surface area contributed by atoms with E-state index >= 15 is 0 Å². The molecule has 3 atom stereocenters. The molecule has 2 nitrogen and oxygen atoms in total. The van der Waals surface area contributed by atoms with Crippen molar-refractivity contribution in [3.63, 3.8) is 0 Å². The summed E-state index contributed by atoms with van der Waals surface area (Å²) in [4.78, 5) is 0. The number of rotatable bonds is 5. The molecular weight excluding hydrogens is 246 g/mol. The second-order valence-electron chi connectivity index (χ2n) is 6.50. The minimum atomic E-state index is 0.476. The summed E-state index contributed by atoms with van der Waals surface area (Å²) in [6, 6.07) is 5.00. The van der Waals surface area contributed by atoms with Gasteiger partial charge in [-0.1, -0.05) is 25.5 Å². The molecule has 2 aliphatic carbocycles. The lowest BCUT2D eigenvalue weighted by molar-refractivity contribution is 0.375. The van der Waals surface area contributed by atoms with Gasteiger partial charge in [0.1, 0.15) is 5.75 Å². The lowest BCUT2D eigenvalue weighted by Crippen LogP contribution is -2.25. The zero-order valence-corrected chi connectivity index (χ0v) is 13.2. The van der Waals surface area contributed by atoms with Crippen LogP contribution in [0.3, 0.4) is 0 Å². The van der Waals surface area contributed by atoms with Crippen molar-refractivity contribution in [1.29, 1.82) is 0 Å². The van der Waals surface area contributed by atoms with Crippen LogP contribution in [0.1, 0.15) is 48.9 Å². The molecule has 3 rings (SSSR count). The Labute approximate surface area is 122 Å². The average molecular weight is 273 g/mol. The highest BCUT2D eigenvalue weighted by atomic mass is 16.5. The topological polar surface area (TPSA) is 21.3 Å². The molecule has 20 heavy (non-hydrogen) atoms. The van der Waals surface area contributed by atoms with E-state index in [0.717, 1.165) is 30.0 Å². The Balaban J connectivity index is 1.93. The minimum Gasteiger partial charge on any atom is -0.496 e. The van der Waals surface area contributed by atoms with Crippen LogP contribution in [-0.2, 0) is 0 Å². The lowest BCUT2D eigenvalue weighted by atomic mass is 9.93. The third-order valence-corrected chi connectivity index (χ3v) is 5.53. The molecule has 2 aliphatic rings. The summed E-state index contributed by atoms with van der Waals surface area (Å²) in [7, 11) is 1.81. The van der Waals surface area contributed by atoms with Gasteiger partial charge in [0.15, 0.2) is 0 Å². The summed E-state index contributed by atoms with van der Waals surface area (Å²) in [5.41, 5.74) is 3.98. The lowest BCUT2D eigenvalue weighted by Gasteiger charge is -2.24. The van der Waals surface area contributed by atoms with Crippen molar-refractivity contribution in [2.75, 3.05) is 13.7 Å². The number of aryl methyl sites for hydroxylation is 1. The molecule has 0 saturated heterocycles. The van der Waals surface area contributed by atoms with Gasteiger partial charge in [-0.05, 0) is 62.1 Å². The standard InChI is InChI=1S/C18H27NO/c1-5-19-17(16-13-7-6-8-14(13)16)15-10-9-11(2)12(3)18(15)20-4/h9-10,13-14,16-17,19H,5-8H2,1-4H3. The predicted octanol–water partition coefficient (Wildman–Crippen LogP) is 4.01. The Kier molecular flexibility index (Phi) is 3.76. The predicted molar refractivity (Wildman–Crippen MR) is 83.2 cm³/mol. The molecule has 0 heterocycles. The molecule has 0 amide bonds. The summed E-state index contributed by atoms with van der Waals surface area (Å²) >= 11 is 0. The van der Waals surface area contributed by atoms with Crippen LogP contribution in [0.15, 0.2) is 12.1 Å². The Bertz CT molecular complexity index is 486. The zero-order valence-electron chi connectivity index (χ0n) is 13.2. The fourth-order valence-electron chi connectivity index (χ4n) is 4.37. The second-order valence-corrected chi connectivity index (χ2v) is 6.50. The molecule has 2 saturated carbocycles. The van der Waals surface area contributed by atoms with Crippen LogP contribution in [0, 0.1) is 31.6 Å². The van der Waals surface area contributed by atoms with Crippen LogP contribution < -0.4 is 10.1 Å². The first-order chi connectivity index (χ1) is 9.69. The van der Waals surface area contributed by atoms with Crippen LogP contribution in [0.4, 0.5) is 0 Å². The first-order valence-corrected chi connectivity index (χ1v) is 8.06. The third-order valence-electron chi connectivity index (χ3n) is 5.53. The van der Waals surface area contributed by atoms with Gasteiger partial charge in [-0.15, -0.1) is 0 Å². The number of benzene rings is 1. The zero-order chi connectivity index (χ0) is 14.3. The smallest absolute Gasteiger partial charge is 0.126 e. The molecule has 2 heteroatoms. The molecule has 2 fully saturated rings. The Morgan fingerprint density at radius 3 is 2.55 bits per heavy atom. The maximum Gasteiger partial charge on any atom is 0.126 e. The highest BCUT2D eigenvalue weighted by Crippen LogP contribution is 2.62. The van der Waals surface area contributed by atoms with Crippen molar-refractivity contribution in [2.24, 2.45) is 17.8 Å². The van der Waals surface area contributed by atoms with Crippen molar-refractivity contribution >= 4 is 0 Å². The first-order valence-electron chi connectivity index (χ1n) is 8.06. The van der Waals surface area contributed by atoms with Crippen molar-refractivity contribution in [3.8, 4) is 5.75 Å². The number of hydrogen-bond acceptors (Lipinski definition) is 2. The summed E-state index contributed by atoms with van der Waals surface area (Å²) in [6.45, 7) is 7.57. The second kappa shape index (κ2) is 5.40. The fourth-order valence-corrected chi connectivity index (χ4v) is 4.37. The first kappa shape index (κ1) is 13.9.